The minimum absolute atomic E-state index is 0.100. The van der Waals surface area contributed by atoms with Crippen LogP contribution in [0.25, 0.3) is 0 Å². The Balaban J connectivity index is 2.69. The Morgan fingerprint density at radius 2 is 2.33 bits per heavy atom. The van der Waals surface area contributed by atoms with Gasteiger partial charge in [0.15, 0.2) is 0 Å². The van der Waals surface area contributed by atoms with E-state index in [0.29, 0.717) is 6.42 Å². The maximum atomic E-state index is 11.4. The van der Waals surface area contributed by atoms with E-state index in [2.05, 4.69) is 6.92 Å². The number of carbonyl (C=O) groups is 1. The minimum Gasteiger partial charge on any atom is -0.383 e. The first kappa shape index (κ1) is 9.52. The van der Waals surface area contributed by atoms with Crippen molar-refractivity contribution in [3.8, 4) is 0 Å². The van der Waals surface area contributed by atoms with E-state index in [0.717, 1.165) is 6.42 Å². The summed E-state index contributed by atoms with van der Waals surface area (Å²) in [6, 6.07) is 0.451. The van der Waals surface area contributed by atoms with Crippen molar-refractivity contribution in [2.75, 3.05) is 0 Å². The Morgan fingerprint density at radius 1 is 1.75 bits per heavy atom. The number of rotatable bonds is 2. The van der Waals surface area contributed by atoms with Gasteiger partial charge in [-0.05, 0) is 20.3 Å². The molecule has 1 aliphatic heterocycles. The SMILES string of the molecule is CCC(C)N1C(=O)[C@@H](O)C[C@@H]1C. The fourth-order valence-electron chi connectivity index (χ4n) is 1.78. The zero-order valence-electron chi connectivity index (χ0n) is 7.95. The second-order valence-electron chi connectivity index (χ2n) is 3.60. The van der Waals surface area contributed by atoms with Crippen molar-refractivity contribution in [2.45, 2.75) is 51.8 Å². The largest absolute Gasteiger partial charge is 0.383 e. The lowest BCUT2D eigenvalue weighted by Gasteiger charge is -2.27. The lowest BCUT2D eigenvalue weighted by atomic mass is 10.2. The zero-order valence-corrected chi connectivity index (χ0v) is 7.95. The molecule has 1 unspecified atom stereocenters. The molecule has 0 saturated carbocycles. The highest BCUT2D eigenvalue weighted by atomic mass is 16.3. The summed E-state index contributed by atoms with van der Waals surface area (Å²) in [5.74, 6) is -0.100. The van der Waals surface area contributed by atoms with Gasteiger partial charge in [-0.2, -0.15) is 0 Å². The van der Waals surface area contributed by atoms with Crippen molar-refractivity contribution >= 4 is 5.91 Å². The smallest absolute Gasteiger partial charge is 0.251 e. The van der Waals surface area contributed by atoms with Crippen molar-refractivity contribution < 1.29 is 9.90 Å². The van der Waals surface area contributed by atoms with E-state index in [1.54, 1.807) is 4.90 Å². The second kappa shape index (κ2) is 3.44. The van der Waals surface area contributed by atoms with Gasteiger partial charge in [0, 0.05) is 18.5 Å². The standard InChI is InChI=1S/C9H17NO2/c1-4-6(2)10-7(3)5-8(11)9(10)12/h6-8,11H,4-5H2,1-3H3/t6?,7-,8-/m0/s1. The first-order valence-electron chi connectivity index (χ1n) is 4.58. The topological polar surface area (TPSA) is 40.5 Å². The van der Waals surface area contributed by atoms with Crippen LogP contribution in [-0.2, 0) is 4.79 Å². The summed E-state index contributed by atoms with van der Waals surface area (Å²) in [6.07, 6.45) is 0.778. The van der Waals surface area contributed by atoms with Crippen LogP contribution < -0.4 is 0 Å². The summed E-state index contributed by atoms with van der Waals surface area (Å²) in [4.78, 5) is 13.2. The highest BCUT2D eigenvalue weighted by Crippen LogP contribution is 2.22. The first-order chi connectivity index (χ1) is 5.57. The Morgan fingerprint density at radius 3 is 2.67 bits per heavy atom. The molecule has 0 aromatic rings. The fourth-order valence-corrected chi connectivity index (χ4v) is 1.78. The Labute approximate surface area is 73.4 Å². The number of hydrogen-bond acceptors (Lipinski definition) is 2. The van der Waals surface area contributed by atoms with Crippen LogP contribution in [0.5, 0.6) is 0 Å². The summed E-state index contributed by atoms with van der Waals surface area (Å²) >= 11 is 0. The van der Waals surface area contributed by atoms with E-state index in [9.17, 15) is 9.90 Å². The lowest BCUT2D eigenvalue weighted by molar-refractivity contribution is -0.137. The Bertz CT molecular complexity index is 177. The summed E-state index contributed by atoms with van der Waals surface area (Å²) in [6.45, 7) is 6.06. The van der Waals surface area contributed by atoms with Crippen LogP contribution in [0.1, 0.15) is 33.6 Å². The van der Waals surface area contributed by atoms with Crippen molar-refractivity contribution in [3.63, 3.8) is 0 Å². The number of nitrogens with zero attached hydrogens (tertiary/aromatic N) is 1. The average Bonchev–Trinajstić information content (AvgIpc) is 2.26. The van der Waals surface area contributed by atoms with E-state index >= 15 is 0 Å². The van der Waals surface area contributed by atoms with Crippen molar-refractivity contribution in [1.29, 1.82) is 0 Å². The number of amides is 1. The molecule has 0 aromatic carbocycles. The third-order valence-electron chi connectivity index (χ3n) is 2.64. The van der Waals surface area contributed by atoms with Gasteiger partial charge < -0.3 is 10.0 Å². The van der Waals surface area contributed by atoms with Crippen molar-refractivity contribution in [1.82, 2.24) is 4.90 Å². The van der Waals surface area contributed by atoms with Crippen molar-refractivity contribution in [2.24, 2.45) is 0 Å². The molecule has 3 heteroatoms. The van der Waals surface area contributed by atoms with Crippen LogP contribution >= 0.6 is 0 Å². The van der Waals surface area contributed by atoms with Gasteiger partial charge in [-0.25, -0.2) is 0 Å². The van der Waals surface area contributed by atoms with E-state index in [1.807, 2.05) is 13.8 Å². The predicted octanol–water partition coefficient (Wildman–Crippen LogP) is 0.767. The quantitative estimate of drug-likeness (QED) is 0.666. The van der Waals surface area contributed by atoms with Crippen LogP contribution in [0.4, 0.5) is 0 Å². The molecule has 1 fully saturated rings. The minimum atomic E-state index is -0.756. The van der Waals surface area contributed by atoms with Gasteiger partial charge in [0.05, 0.1) is 0 Å². The molecule has 1 amide bonds. The summed E-state index contributed by atoms with van der Waals surface area (Å²) in [7, 11) is 0. The summed E-state index contributed by atoms with van der Waals surface area (Å²) in [5, 5.41) is 9.29. The van der Waals surface area contributed by atoms with Crippen LogP contribution in [-0.4, -0.2) is 34.1 Å². The van der Waals surface area contributed by atoms with E-state index in [1.165, 1.54) is 0 Å². The predicted molar refractivity (Wildman–Crippen MR) is 46.7 cm³/mol. The zero-order chi connectivity index (χ0) is 9.30. The molecule has 12 heavy (non-hydrogen) atoms. The van der Waals surface area contributed by atoms with Gasteiger partial charge >= 0.3 is 0 Å². The molecule has 0 radical (unpaired) electrons. The van der Waals surface area contributed by atoms with Gasteiger partial charge in [-0.15, -0.1) is 0 Å². The van der Waals surface area contributed by atoms with Crippen LogP contribution in [0, 0.1) is 0 Å². The van der Waals surface area contributed by atoms with E-state index < -0.39 is 6.10 Å². The molecule has 3 atom stereocenters. The number of hydrogen-bond donors (Lipinski definition) is 1. The van der Waals surface area contributed by atoms with Gasteiger partial charge in [-0.3, -0.25) is 4.79 Å². The maximum absolute atomic E-state index is 11.4. The number of carbonyl (C=O) groups excluding carboxylic acids is 1. The molecular formula is C9H17NO2. The molecule has 0 spiro atoms. The van der Waals surface area contributed by atoms with E-state index in [4.69, 9.17) is 0 Å². The summed E-state index contributed by atoms with van der Waals surface area (Å²) in [5.41, 5.74) is 0. The average molecular weight is 171 g/mol. The molecule has 70 valence electrons. The third-order valence-corrected chi connectivity index (χ3v) is 2.64. The fraction of sp³-hybridized carbons (Fsp3) is 0.889. The van der Waals surface area contributed by atoms with Crippen LogP contribution in [0.3, 0.4) is 0 Å². The molecular weight excluding hydrogens is 154 g/mol. The van der Waals surface area contributed by atoms with Gasteiger partial charge in [0.1, 0.15) is 6.10 Å². The maximum Gasteiger partial charge on any atom is 0.251 e. The highest BCUT2D eigenvalue weighted by Gasteiger charge is 2.37. The molecule has 1 rings (SSSR count). The molecule has 1 heterocycles. The number of aliphatic hydroxyl groups is 1. The monoisotopic (exact) mass is 171 g/mol. The summed E-state index contributed by atoms with van der Waals surface area (Å²) < 4.78 is 0. The molecule has 3 nitrogen and oxygen atoms in total. The third kappa shape index (κ3) is 1.46. The molecule has 1 saturated heterocycles. The normalized spacial score (nSPS) is 32.7. The lowest BCUT2D eigenvalue weighted by Crippen LogP contribution is -2.40. The molecule has 0 aliphatic carbocycles. The van der Waals surface area contributed by atoms with Gasteiger partial charge in [-0.1, -0.05) is 6.92 Å². The Kier molecular flexibility index (Phi) is 2.73. The number of likely N-dealkylation sites (tertiary alicyclic amines) is 1. The highest BCUT2D eigenvalue weighted by molar-refractivity contribution is 5.83. The Hall–Kier alpha value is -0.570. The number of aliphatic hydroxyl groups excluding tert-OH is 1. The molecule has 1 N–H and O–H groups in total. The van der Waals surface area contributed by atoms with Gasteiger partial charge in [0.25, 0.3) is 5.91 Å². The van der Waals surface area contributed by atoms with Gasteiger partial charge in [0.2, 0.25) is 0 Å². The van der Waals surface area contributed by atoms with Crippen molar-refractivity contribution in [3.05, 3.63) is 0 Å². The molecule has 0 bridgehead atoms. The molecule has 1 aliphatic rings. The van der Waals surface area contributed by atoms with Crippen LogP contribution in [0.2, 0.25) is 0 Å². The van der Waals surface area contributed by atoms with E-state index in [-0.39, 0.29) is 18.0 Å². The van der Waals surface area contributed by atoms with Crippen LogP contribution in [0.15, 0.2) is 0 Å². The second-order valence-corrected chi connectivity index (χ2v) is 3.60. The first-order valence-corrected chi connectivity index (χ1v) is 4.58. The molecule has 0 aromatic heterocycles.